The standard InChI is InChI=1S/C29H28F4N4O4/c1-16-25(36-12-6-9-24(26(36)34-16)41-15-18-19(30)7-5-8-20(18)31)27(38)35-23(14-37(28(39)40)29(2,3)4)17-10-11-21(32)22(33)13-17/h5-13,23H,14-15H2,1-4H3,(H,35,38)(H,39,40). The summed E-state index contributed by atoms with van der Waals surface area (Å²) in [5.41, 5.74) is -0.477. The van der Waals surface area contributed by atoms with Crippen LogP contribution in [0.25, 0.3) is 5.65 Å². The highest BCUT2D eigenvalue weighted by Crippen LogP contribution is 2.26. The maximum atomic E-state index is 14.1. The lowest BCUT2D eigenvalue weighted by Crippen LogP contribution is -2.49. The molecule has 8 nitrogen and oxygen atoms in total. The highest BCUT2D eigenvalue weighted by molar-refractivity contribution is 5.95. The molecule has 4 rings (SSSR count). The number of carbonyl (C=O) groups is 2. The number of imidazole rings is 1. The van der Waals surface area contributed by atoms with E-state index in [2.05, 4.69) is 10.3 Å². The zero-order valence-electron chi connectivity index (χ0n) is 22.7. The van der Waals surface area contributed by atoms with Gasteiger partial charge >= 0.3 is 6.09 Å². The molecule has 0 bridgehead atoms. The molecule has 0 radical (unpaired) electrons. The minimum Gasteiger partial charge on any atom is -0.485 e. The van der Waals surface area contributed by atoms with Crippen molar-refractivity contribution in [1.82, 2.24) is 19.6 Å². The summed E-state index contributed by atoms with van der Waals surface area (Å²) < 4.78 is 63.1. The van der Waals surface area contributed by atoms with Crippen molar-refractivity contribution >= 4 is 17.6 Å². The van der Waals surface area contributed by atoms with Crippen LogP contribution in [0.2, 0.25) is 0 Å². The van der Waals surface area contributed by atoms with Crippen LogP contribution < -0.4 is 10.1 Å². The van der Waals surface area contributed by atoms with E-state index < -0.39 is 53.5 Å². The summed E-state index contributed by atoms with van der Waals surface area (Å²) in [6.07, 6.45) is 0.268. The molecule has 216 valence electrons. The van der Waals surface area contributed by atoms with Crippen LogP contribution in [0.4, 0.5) is 22.4 Å². The Kier molecular flexibility index (Phi) is 8.22. The number of halogens is 4. The fourth-order valence-corrected chi connectivity index (χ4v) is 4.37. The van der Waals surface area contributed by atoms with E-state index in [1.165, 1.54) is 28.8 Å². The van der Waals surface area contributed by atoms with Crippen LogP contribution in [0, 0.1) is 30.2 Å². The molecular formula is C29H28F4N4O4. The molecule has 0 aliphatic rings. The van der Waals surface area contributed by atoms with Gasteiger partial charge in [0.15, 0.2) is 23.0 Å². The zero-order valence-corrected chi connectivity index (χ0v) is 22.7. The molecule has 12 heteroatoms. The van der Waals surface area contributed by atoms with Gasteiger partial charge in [-0.25, -0.2) is 27.3 Å². The number of aryl methyl sites for hydroxylation is 1. The Morgan fingerprint density at radius 2 is 1.71 bits per heavy atom. The van der Waals surface area contributed by atoms with E-state index in [0.717, 1.165) is 29.2 Å². The topological polar surface area (TPSA) is 96.2 Å². The van der Waals surface area contributed by atoms with Crippen LogP contribution in [0.15, 0.2) is 54.7 Å². The number of benzene rings is 2. The summed E-state index contributed by atoms with van der Waals surface area (Å²) in [4.78, 5) is 31.1. The van der Waals surface area contributed by atoms with Gasteiger partial charge in [0.25, 0.3) is 5.91 Å². The highest BCUT2D eigenvalue weighted by Gasteiger charge is 2.31. The summed E-state index contributed by atoms with van der Waals surface area (Å²) in [6, 6.07) is 8.53. The number of ether oxygens (including phenoxy) is 1. The molecule has 2 aromatic heterocycles. The number of rotatable bonds is 8. The largest absolute Gasteiger partial charge is 0.485 e. The molecule has 4 aromatic rings. The summed E-state index contributed by atoms with van der Waals surface area (Å²) in [6.45, 7) is 5.85. The molecule has 1 atom stereocenters. The van der Waals surface area contributed by atoms with E-state index >= 15 is 0 Å². The minimum atomic E-state index is -1.27. The van der Waals surface area contributed by atoms with Gasteiger partial charge < -0.3 is 20.1 Å². The predicted octanol–water partition coefficient (Wildman–Crippen LogP) is 6.03. The molecule has 2 amide bonds. The second kappa shape index (κ2) is 11.5. The number of nitrogens with zero attached hydrogens (tertiary/aromatic N) is 3. The molecule has 1 unspecified atom stereocenters. The van der Waals surface area contributed by atoms with Crippen molar-refractivity contribution in [2.45, 2.75) is 45.9 Å². The van der Waals surface area contributed by atoms with Crippen LogP contribution in [-0.2, 0) is 6.61 Å². The lowest BCUT2D eigenvalue weighted by molar-refractivity contribution is 0.0817. The van der Waals surface area contributed by atoms with Gasteiger partial charge in [-0.1, -0.05) is 12.1 Å². The quantitative estimate of drug-likeness (QED) is 0.252. The molecule has 0 saturated carbocycles. The number of pyridine rings is 1. The maximum absolute atomic E-state index is 14.1. The van der Waals surface area contributed by atoms with Crippen LogP contribution in [0.1, 0.15) is 54.1 Å². The fraction of sp³-hybridized carbons (Fsp3) is 0.276. The van der Waals surface area contributed by atoms with E-state index in [-0.39, 0.29) is 40.5 Å². The monoisotopic (exact) mass is 572 g/mol. The molecule has 0 fully saturated rings. The minimum absolute atomic E-state index is 0.0627. The van der Waals surface area contributed by atoms with Gasteiger partial charge in [0, 0.05) is 18.3 Å². The number of hydrogen-bond acceptors (Lipinski definition) is 4. The lowest BCUT2D eigenvalue weighted by atomic mass is 10.0. The summed E-state index contributed by atoms with van der Waals surface area (Å²) >= 11 is 0. The third-order valence-corrected chi connectivity index (χ3v) is 6.49. The van der Waals surface area contributed by atoms with Gasteiger partial charge in [0.2, 0.25) is 0 Å². The Bertz CT molecular complexity index is 1600. The Morgan fingerprint density at radius 3 is 2.32 bits per heavy atom. The van der Waals surface area contributed by atoms with Crippen molar-refractivity contribution in [3.05, 3.63) is 101 Å². The number of hydrogen-bond donors (Lipinski definition) is 2. The van der Waals surface area contributed by atoms with Crippen LogP contribution in [0.3, 0.4) is 0 Å². The highest BCUT2D eigenvalue weighted by atomic mass is 19.2. The second-order valence-corrected chi connectivity index (χ2v) is 10.4. The Morgan fingerprint density at radius 1 is 1.02 bits per heavy atom. The lowest BCUT2D eigenvalue weighted by Gasteiger charge is -2.36. The van der Waals surface area contributed by atoms with E-state index in [4.69, 9.17) is 4.74 Å². The molecule has 0 spiro atoms. The second-order valence-electron chi connectivity index (χ2n) is 10.4. The summed E-state index contributed by atoms with van der Waals surface area (Å²) in [5, 5.41) is 12.5. The fourth-order valence-electron chi connectivity index (χ4n) is 4.37. The normalized spacial score (nSPS) is 12.3. The Hall–Kier alpha value is -4.61. The maximum Gasteiger partial charge on any atom is 0.407 e. The van der Waals surface area contributed by atoms with Crippen LogP contribution in [-0.4, -0.2) is 43.5 Å². The number of amides is 2. The van der Waals surface area contributed by atoms with Crippen molar-refractivity contribution in [3.8, 4) is 5.75 Å². The molecule has 0 aliphatic carbocycles. The molecule has 0 aliphatic heterocycles. The van der Waals surface area contributed by atoms with E-state index in [1.807, 2.05) is 0 Å². The van der Waals surface area contributed by atoms with E-state index in [0.29, 0.717) is 0 Å². The average Bonchev–Trinajstić information content (AvgIpc) is 3.23. The van der Waals surface area contributed by atoms with Gasteiger partial charge in [-0.3, -0.25) is 9.20 Å². The van der Waals surface area contributed by atoms with Crippen LogP contribution in [0.5, 0.6) is 5.75 Å². The number of nitrogens with one attached hydrogen (secondary N) is 1. The molecule has 2 aromatic carbocycles. The van der Waals surface area contributed by atoms with E-state index in [1.54, 1.807) is 33.8 Å². The van der Waals surface area contributed by atoms with Crippen LogP contribution >= 0.6 is 0 Å². The van der Waals surface area contributed by atoms with Gasteiger partial charge in [-0.05, 0) is 69.7 Å². The van der Waals surface area contributed by atoms with Crippen molar-refractivity contribution < 1.29 is 37.0 Å². The molecule has 2 heterocycles. The first kappa shape index (κ1) is 29.4. The Labute approximate surface area is 233 Å². The molecule has 41 heavy (non-hydrogen) atoms. The smallest absolute Gasteiger partial charge is 0.407 e. The zero-order chi connectivity index (χ0) is 30.1. The van der Waals surface area contributed by atoms with Crippen molar-refractivity contribution in [3.63, 3.8) is 0 Å². The Balaban J connectivity index is 1.68. The summed E-state index contributed by atoms with van der Waals surface area (Å²) in [7, 11) is 0. The van der Waals surface area contributed by atoms with Crippen molar-refractivity contribution in [1.29, 1.82) is 0 Å². The third kappa shape index (κ3) is 6.26. The first-order valence-corrected chi connectivity index (χ1v) is 12.6. The number of carboxylic acid groups (broad SMARTS) is 1. The molecule has 2 N–H and O–H groups in total. The number of carbonyl (C=O) groups excluding carboxylic acids is 1. The first-order chi connectivity index (χ1) is 19.3. The van der Waals surface area contributed by atoms with Gasteiger partial charge in [0.05, 0.1) is 17.3 Å². The summed E-state index contributed by atoms with van der Waals surface area (Å²) in [5.74, 6) is -4.32. The average molecular weight is 573 g/mol. The van der Waals surface area contributed by atoms with Crippen molar-refractivity contribution in [2.24, 2.45) is 0 Å². The van der Waals surface area contributed by atoms with Crippen molar-refractivity contribution in [2.75, 3.05) is 6.54 Å². The predicted molar refractivity (Wildman–Crippen MR) is 142 cm³/mol. The van der Waals surface area contributed by atoms with Gasteiger partial charge in [0.1, 0.15) is 23.9 Å². The third-order valence-electron chi connectivity index (χ3n) is 6.49. The van der Waals surface area contributed by atoms with E-state index in [9.17, 15) is 32.3 Å². The molecule has 0 saturated heterocycles. The van der Waals surface area contributed by atoms with Gasteiger partial charge in [-0.15, -0.1) is 0 Å². The molecular weight excluding hydrogens is 544 g/mol. The first-order valence-electron chi connectivity index (χ1n) is 12.6. The number of aromatic nitrogens is 2. The van der Waals surface area contributed by atoms with Gasteiger partial charge in [-0.2, -0.15) is 0 Å². The number of fused-ring (bicyclic) bond motifs is 1. The SMILES string of the molecule is Cc1nc2c(OCc3c(F)cccc3F)cccn2c1C(=O)NC(CN(C(=O)O)C(C)(C)C)c1ccc(F)c(F)c1.